The lowest BCUT2D eigenvalue weighted by atomic mass is 10.3. The van der Waals surface area contributed by atoms with Crippen molar-refractivity contribution >= 4 is 5.97 Å². The molecule has 0 saturated carbocycles. The van der Waals surface area contributed by atoms with Crippen LogP contribution in [0.3, 0.4) is 0 Å². The van der Waals surface area contributed by atoms with Gasteiger partial charge < -0.3 is 4.74 Å². The Hall–Kier alpha value is -1.65. The molecule has 0 unspecified atom stereocenters. The number of aryl methyl sites for hydroxylation is 2. The van der Waals surface area contributed by atoms with Gasteiger partial charge in [0, 0.05) is 18.3 Å². The highest BCUT2D eigenvalue weighted by Crippen LogP contribution is 1.96. The molecule has 0 atom stereocenters. The van der Waals surface area contributed by atoms with E-state index in [2.05, 4.69) is 9.72 Å². The number of carbonyl (C=O) groups is 1. The molecular weight excluding hydrogens is 196 g/mol. The van der Waals surface area contributed by atoms with Crippen molar-refractivity contribution in [3.8, 4) is 0 Å². The van der Waals surface area contributed by atoms with Crippen LogP contribution in [0.15, 0.2) is 10.9 Å². The molecule has 0 bridgehead atoms. The SMILES string of the molecule is COC(=O)CCn1c(C)nc(C)cc1=O. The van der Waals surface area contributed by atoms with Crippen LogP contribution in [0.2, 0.25) is 0 Å². The highest BCUT2D eigenvalue weighted by molar-refractivity contribution is 5.68. The fourth-order valence-corrected chi connectivity index (χ4v) is 1.34. The second-order valence-electron chi connectivity index (χ2n) is 3.26. The van der Waals surface area contributed by atoms with Crippen molar-refractivity contribution in [3.63, 3.8) is 0 Å². The Kier molecular flexibility index (Phi) is 3.60. The summed E-state index contributed by atoms with van der Waals surface area (Å²) in [4.78, 5) is 26.6. The van der Waals surface area contributed by atoms with Crippen LogP contribution < -0.4 is 5.56 Å². The van der Waals surface area contributed by atoms with Crippen LogP contribution >= 0.6 is 0 Å². The Bertz CT molecular complexity index is 423. The molecule has 1 rings (SSSR count). The van der Waals surface area contributed by atoms with Crippen LogP contribution in [0, 0.1) is 13.8 Å². The van der Waals surface area contributed by atoms with E-state index in [9.17, 15) is 9.59 Å². The minimum Gasteiger partial charge on any atom is -0.469 e. The molecule has 0 fully saturated rings. The molecule has 0 radical (unpaired) electrons. The van der Waals surface area contributed by atoms with E-state index in [1.807, 2.05) is 0 Å². The van der Waals surface area contributed by atoms with E-state index < -0.39 is 0 Å². The van der Waals surface area contributed by atoms with Gasteiger partial charge in [0.25, 0.3) is 5.56 Å². The van der Waals surface area contributed by atoms with Gasteiger partial charge in [-0.05, 0) is 13.8 Å². The van der Waals surface area contributed by atoms with Gasteiger partial charge in [-0.3, -0.25) is 14.2 Å². The average Bonchev–Trinajstić information content (AvgIpc) is 2.15. The summed E-state index contributed by atoms with van der Waals surface area (Å²) in [5, 5.41) is 0. The maximum Gasteiger partial charge on any atom is 0.307 e. The van der Waals surface area contributed by atoms with Crippen molar-refractivity contribution in [2.24, 2.45) is 0 Å². The van der Waals surface area contributed by atoms with Gasteiger partial charge in [0.05, 0.1) is 13.5 Å². The Morgan fingerprint density at radius 1 is 1.53 bits per heavy atom. The van der Waals surface area contributed by atoms with Crippen molar-refractivity contribution in [1.82, 2.24) is 9.55 Å². The zero-order chi connectivity index (χ0) is 11.4. The minimum atomic E-state index is -0.332. The van der Waals surface area contributed by atoms with Crippen molar-refractivity contribution in [2.45, 2.75) is 26.8 Å². The van der Waals surface area contributed by atoms with Gasteiger partial charge in [0.1, 0.15) is 5.82 Å². The van der Waals surface area contributed by atoms with E-state index in [0.29, 0.717) is 18.1 Å². The molecule has 5 heteroatoms. The summed E-state index contributed by atoms with van der Waals surface area (Å²) in [6.07, 6.45) is 0.183. The molecule has 1 aromatic heterocycles. The van der Waals surface area contributed by atoms with Crippen LogP contribution in [-0.4, -0.2) is 22.6 Å². The number of hydrogen-bond acceptors (Lipinski definition) is 4. The lowest BCUT2D eigenvalue weighted by Gasteiger charge is -2.08. The standard InChI is InChI=1S/C10H14N2O3/c1-7-6-9(13)12(8(2)11-7)5-4-10(14)15-3/h6H,4-5H2,1-3H3. The second kappa shape index (κ2) is 4.72. The average molecular weight is 210 g/mol. The number of aromatic nitrogens is 2. The van der Waals surface area contributed by atoms with Crippen LogP contribution in [-0.2, 0) is 16.1 Å². The van der Waals surface area contributed by atoms with Crippen molar-refractivity contribution in [1.29, 1.82) is 0 Å². The molecule has 0 aromatic carbocycles. The topological polar surface area (TPSA) is 61.2 Å². The van der Waals surface area contributed by atoms with Crippen LogP contribution in [0.25, 0.3) is 0 Å². The molecule has 0 aliphatic carbocycles. The summed E-state index contributed by atoms with van der Waals surface area (Å²) in [7, 11) is 1.32. The third kappa shape index (κ3) is 2.90. The molecule has 0 saturated heterocycles. The van der Waals surface area contributed by atoms with Gasteiger partial charge in [0.2, 0.25) is 0 Å². The molecule has 5 nitrogen and oxygen atoms in total. The fraction of sp³-hybridized carbons (Fsp3) is 0.500. The zero-order valence-electron chi connectivity index (χ0n) is 9.11. The number of carbonyl (C=O) groups excluding carboxylic acids is 1. The van der Waals surface area contributed by atoms with E-state index >= 15 is 0 Å². The third-order valence-corrected chi connectivity index (χ3v) is 2.09. The molecule has 0 spiro atoms. The molecule has 0 N–H and O–H groups in total. The monoisotopic (exact) mass is 210 g/mol. The van der Waals surface area contributed by atoms with Crippen molar-refractivity contribution in [2.75, 3.05) is 7.11 Å². The van der Waals surface area contributed by atoms with Crippen LogP contribution in [0.1, 0.15) is 17.9 Å². The molecule has 1 heterocycles. The molecule has 0 amide bonds. The summed E-state index contributed by atoms with van der Waals surface area (Å²) in [5.74, 6) is 0.283. The maximum absolute atomic E-state index is 11.5. The number of esters is 1. The predicted molar refractivity (Wildman–Crippen MR) is 54.6 cm³/mol. The quantitative estimate of drug-likeness (QED) is 0.678. The highest BCUT2D eigenvalue weighted by Gasteiger charge is 2.05. The summed E-state index contributed by atoms with van der Waals surface area (Å²) >= 11 is 0. The maximum atomic E-state index is 11.5. The van der Waals surface area contributed by atoms with Gasteiger partial charge >= 0.3 is 5.97 Å². The lowest BCUT2D eigenvalue weighted by Crippen LogP contribution is -2.24. The Morgan fingerprint density at radius 2 is 2.20 bits per heavy atom. The largest absolute Gasteiger partial charge is 0.469 e. The van der Waals surface area contributed by atoms with Gasteiger partial charge in [-0.15, -0.1) is 0 Å². The number of hydrogen-bond donors (Lipinski definition) is 0. The summed E-state index contributed by atoms with van der Waals surface area (Å²) in [5.41, 5.74) is 0.552. The van der Waals surface area contributed by atoms with E-state index in [-0.39, 0.29) is 17.9 Å². The minimum absolute atomic E-state index is 0.135. The first-order valence-electron chi connectivity index (χ1n) is 4.66. The Balaban J connectivity index is 2.86. The molecule has 0 aliphatic heterocycles. The second-order valence-corrected chi connectivity index (χ2v) is 3.26. The number of ether oxygens (including phenoxy) is 1. The van der Waals surface area contributed by atoms with E-state index in [1.54, 1.807) is 13.8 Å². The fourth-order valence-electron chi connectivity index (χ4n) is 1.34. The van der Waals surface area contributed by atoms with Gasteiger partial charge in [0.15, 0.2) is 0 Å². The Morgan fingerprint density at radius 3 is 2.73 bits per heavy atom. The first kappa shape index (κ1) is 11.4. The first-order chi connectivity index (χ1) is 7.04. The van der Waals surface area contributed by atoms with Crippen LogP contribution in [0.5, 0.6) is 0 Å². The smallest absolute Gasteiger partial charge is 0.307 e. The first-order valence-corrected chi connectivity index (χ1v) is 4.66. The van der Waals surface area contributed by atoms with Crippen molar-refractivity contribution < 1.29 is 9.53 Å². The van der Waals surface area contributed by atoms with Gasteiger partial charge in [-0.25, -0.2) is 4.98 Å². The third-order valence-electron chi connectivity index (χ3n) is 2.09. The van der Waals surface area contributed by atoms with E-state index in [1.165, 1.54) is 17.7 Å². The molecule has 0 aliphatic rings. The number of nitrogens with zero attached hydrogens (tertiary/aromatic N) is 2. The normalized spacial score (nSPS) is 10.1. The van der Waals surface area contributed by atoms with Gasteiger partial charge in [-0.1, -0.05) is 0 Å². The zero-order valence-corrected chi connectivity index (χ0v) is 9.11. The summed E-state index contributed by atoms with van der Waals surface area (Å²) < 4.78 is 5.96. The summed E-state index contributed by atoms with van der Waals surface area (Å²) in [6, 6.07) is 1.45. The van der Waals surface area contributed by atoms with Crippen molar-refractivity contribution in [3.05, 3.63) is 27.9 Å². The summed E-state index contributed by atoms with van der Waals surface area (Å²) in [6.45, 7) is 3.81. The number of rotatable bonds is 3. The predicted octanol–water partition coefficient (Wildman–Crippen LogP) is 0.423. The van der Waals surface area contributed by atoms with Crippen LogP contribution in [0.4, 0.5) is 0 Å². The molecular formula is C10H14N2O3. The molecule has 15 heavy (non-hydrogen) atoms. The van der Waals surface area contributed by atoms with Gasteiger partial charge in [-0.2, -0.15) is 0 Å². The Labute approximate surface area is 87.7 Å². The lowest BCUT2D eigenvalue weighted by molar-refractivity contribution is -0.140. The highest BCUT2D eigenvalue weighted by atomic mass is 16.5. The van der Waals surface area contributed by atoms with E-state index in [4.69, 9.17) is 0 Å². The molecule has 82 valence electrons. The number of methoxy groups -OCH3 is 1. The molecule has 1 aromatic rings. The van der Waals surface area contributed by atoms with E-state index in [0.717, 1.165) is 0 Å².